The number of imidazole rings is 1. The number of aryl methyl sites for hydroxylation is 2. The second kappa shape index (κ2) is 6.04. The molecular weight excluding hydrogens is 198 g/mol. The van der Waals surface area contributed by atoms with Crippen molar-refractivity contribution in [1.82, 2.24) is 15.3 Å². The summed E-state index contributed by atoms with van der Waals surface area (Å²) in [6.07, 6.45) is 2.18. The Kier molecular flexibility index (Phi) is 5.00. The number of aromatic nitrogens is 2. The van der Waals surface area contributed by atoms with E-state index < -0.39 is 0 Å². The second-order valence-corrected chi connectivity index (χ2v) is 5.06. The van der Waals surface area contributed by atoms with Crippen molar-refractivity contribution in [3.05, 3.63) is 17.2 Å². The molecule has 0 unspecified atom stereocenters. The summed E-state index contributed by atoms with van der Waals surface area (Å²) in [6, 6.07) is 0.574. The molecule has 0 saturated heterocycles. The Labute approximate surface area is 99.1 Å². The molecule has 0 saturated carbocycles. The molecule has 0 aromatic carbocycles. The van der Waals surface area contributed by atoms with E-state index in [4.69, 9.17) is 0 Å². The van der Waals surface area contributed by atoms with Crippen LogP contribution in [0.25, 0.3) is 0 Å². The summed E-state index contributed by atoms with van der Waals surface area (Å²) in [7, 11) is 0. The summed E-state index contributed by atoms with van der Waals surface area (Å²) in [4.78, 5) is 8.02. The summed E-state index contributed by atoms with van der Waals surface area (Å²) < 4.78 is 0. The van der Waals surface area contributed by atoms with Gasteiger partial charge in [0.25, 0.3) is 0 Å². The number of nitrogens with zero attached hydrogens (tertiary/aromatic N) is 1. The van der Waals surface area contributed by atoms with Crippen LogP contribution in [0.15, 0.2) is 0 Å². The summed E-state index contributed by atoms with van der Waals surface area (Å²) >= 11 is 0. The smallest absolute Gasteiger partial charge is 0.106 e. The summed E-state index contributed by atoms with van der Waals surface area (Å²) in [6.45, 7) is 11.9. The quantitative estimate of drug-likeness (QED) is 0.728. The lowest BCUT2D eigenvalue weighted by atomic mass is 10.1. The largest absolute Gasteiger partial charge is 0.346 e. The highest BCUT2D eigenvalue weighted by molar-refractivity contribution is 5.16. The van der Waals surface area contributed by atoms with E-state index in [9.17, 15) is 0 Å². The molecule has 1 rings (SSSR count). The molecule has 0 aliphatic carbocycles. The highest BCUT2D eigenvalue weighted by Crippen LogP contribution is 2.16. The van der Waals surface area contributed by atoms with E-state index in [0.29, 0.717) is 12.0 Å². The Bertz CT molecular complexity index is 313. The molecule has 0 bridgehead atoms. The van der Waals surface area contributed by atoms with Crippen LogP contribution in [0, 0.1) is 6.92 Å². The fraction of sp³-hybridized carbons (Fsp3) is 0.769. The van der Waals surface area contributed by atoms with Gasteiger partial charge in [0.2, 0.25) is 0 Å². The molecule has 0 atom stereocenters. The first-order valence-electron chi connectivity index (χ1n) is 6.29. The minimum Gasteiger partial charge on any atom is -0.346 e. The van der Waals surface area contributed by atoms with Crippen LogP contribution in [0.3, 0.4) is 0 Å². The summed E-state index contributed by atoms with van der Waals surface area (Å²) in [5.41, 5.74) is 2.44. The fourth-order valence-corrected chi connectivity index (χ4v) is 1.86. The van der Waals surface area contributed by atoms with E-state index in [1.54, 1.807) is 0 Å². The van der Waals surface area contributed by atoms with Crippen molar-refractivity contribution in [2.24, 2.45) is 0 Å². The molecule has 0 fully saturated rings. The molecule has 0 aliphatic rings. The molecule has 0 aliphatic heterocycles. The Hall–Kier alpha value is -0.830. The third kappa shape index (κ3) is 3.97. The second-order valence-electron chi connectivity index (χ2n) is 5.06. The van der Waals surface area contributed by atoms with Gasteiger partial charge in [-0.25, -0.2) is 4.98 Å². The van der Waals surface area contributed by atoms with Crippen LogP contribution < -0.4 is 5.32 Å². The van der Waals surface area contributed by atoms with E-state index in [0.717, 1.165) is 25.2 Å². The molecule has 1 aromatic heterocycles. The van der Waals surface area contributed by atoms with Gasteiger partial charge >= 0.3 is 0 Å². The van der Waals surface area contributed by atoms with E-state index in [1.807, 2.05) is 0 Å². The van der Waals surface area contributed by atoms with Gasteiger partial charge in [0.1, 0.15) is 5.82 Å². The summed E-state index contributed by atoms with van der Waals surface area (Å²) in [5.74, 6) is 1.64. The van der Waals surface area contributed by atoms with Crippen LogP contribution in [-0.2, 0) is 6.42 Å². The number of hydrogen-bond acceptors (Lipinski definition) is 2. The Morgan fingerprint density at radius 1 is 1.25 bits per heavy atom. The first-order valence-corrected chi connectivity index (χ1v) is 6.29. The molecule has 0 spiro atoms. The third-order valence-corrected chi connectivity index (χ3v) is 2.66. The Morgan fingerprint density at radius 2 is 1.94 bits per heavy atom. The molecular formula is C13H25N3. The Balaban J connectivity index is 2.40. The van der Waals surface area contributed by atoms with Crippen molar-refractivity contribution in [3.8, 4) is 0 Å². The van der Waals surface area contributed by atoms with Crippen molar-refractivity contribution < 1.29 is 0 Å². The van der Waals surface area contributed by atoms with E-state index in [1.165, 1.54) is 11.4 Å². The molecule has 16 heavy (non-hydrogen) atoms. The van der Waals surface area contributed by atoms with Gasteiger partial charge < -0.3 is 10.3 Å². The zero-order valence-corrected chi connectivity index (χ0v) is 11.2. The minimum absolute atomic E-state index is 0.513. The zero-order valence-electron chi connectivity index (χ0n) is 11.2. The molecule has 2 N–H and O–H groups in total. The Morgan fingerprint density at radius 3 is 2.44 bits per heavy atom. The normalized spacial score (nSPS) is 11.7. The fourth-order valence-electron chi connectivity index (χ4n) is 1.86. The van der Waals surface area contributed by atoms with Crippen LogP contribution in [0.4, 0.5) is 0 Å². The van der Waals surface area contributed by atoms with Crippen LogP contribution in [0.2, 0.25) is 0 Å². The number of rotatable bonds is 6. The average Bonchev–Trinajstić information content (AvgIpc) is 2.54. The molecule has 1 heterocycles. The lowest BCUT2D eigenvalue weighted by molar-refractivity contribution is 0.566. The van der Waals surface area contributed by atoms with Gasteiger partial charge in [0.05, 0.1) is 5.69 Å². The van der Waals surface area contributed by atoms with Crippen LogP contribution in [0.5, 0.6) is 0 Å². The first kappa shape index (κ1) is 13.2. The first-order chi connectivity index (χ1) is 7.50. The standard InChI is InChI=1S/C13H25N3/c1-9(2)13-11(5)15-12(16-13)7-6-8-14-10(3)4/h9-10,14H,6-8H2,1-5H3,(H,15,16). The van der Waals surface area contributed by atoms with Gasteiger partial charge in [-0.05, 0) is 25.8 Å². The maximum Gasteiger partial charge on any atom is 0.106 e. The SMILES string of the molecule is Cc1[nH]c(CCCNC(C)C)nc1C(C)C. The molecule has 92 valence electrons. The van der Waals surface area contributed by atoms with E-state index >= 15 is 0 Å². The van der Waals surface area contributed by atoms with Crippen molar-refractivity contribution in [2.75, 3.05) is 6.54 Å². The molecule has 0 radical (unpaired) electrons. The van der Waals surface area contributed by atoms with Crippen LogP contribution in [0.1, 0.15) is 57.2 Å². The highest BCUT2D eigenvalue weighted by Gasteiger charge is 2.09. The topological polar surface area (TPSA) is 40.7 Å². The number of H-pyrrole nitrogens is 1. The predicted octanol–water partition coefficient (Wildman–Crippen LogP) is 2.77. The third-order valence-electron chi connectivity index (χ3n) is 2.66. The monoisotopic (exact) mass is 223 g/mol. The van der Waals surface area contributed by atoms with E-state index in [2.05, 4.69) is 49.9 Å². The van der Waals surface area contributed by atoms with Crippen LogP contribution >= 0.6 is 0 Å². The van der Waals surface area contributed by atoms with Gasteiger partial charge in [-0.15, -0.1) is 0 Å². The maximum absolute atomic E-state index is 4.64. The minimum atomic E-state index is 0.513. The summed E-state index contributed by atoms with van der Waals surface area (Å²) in [5, 5.41) is 3.42. The van der Waals surface area contributed by atoms with Gasteiger partial charge in [-0.1, -0.05) is 27.7 Å². The van der Waals surface area contributed by atoms with Gasteiger partial charge in [-0.3, -0.25) is 0 Å². The lowest BCUT2D eigenvalue weighted by Crippen LogP contribution is -2.24. The highest BCUT2D eigenvalue weighted by atomic mass is 14.9. The number of aromatic amines is 1. The lowest BCUT2D eigenvalue weighted by Gasteiger charge is -2.06. The van der Waals surface area contributed by atoms with Crippen molar-refractivity contribution in [2.45, 2.75) is 59.4 Å². The van der Waals surface area contributed by atoms with Crippen molar-refractivity contribution in [1.29, 1.82) is 0 Å². The van der Waals surface area contributed by atoms with Crippen LogP contribution in [-0.4, -0.2) is 22.6 Å². The van der Waals surface area contributed by atoms with Crippen molar-refractivity contribution >= 4 is 0 Å². The van der Waals surface area contributed by atoms with Crippen molar-refractivity contribution in [3.63, 3.8) is 0 Å². The molecule has 3 nitrogen and oxygen atoms in total. The van der Waals surface area contributed by atoms with Gasteiger partial charge in [0.15, 0.2) is 0 Å². The number of nitrogens with one attached hydrogen (secondary N) is 2. The van der Waals surface area contributed by atoms with Gasteiger partial charge in [0, 0.05) is 18.2 Å². The average molecular weight is 223 g/mol. The maximum atomic E-state index is 4.64. The molecule has 0 amide bonds. The molecule has 1 aromatic rings. The number of hydrogen-bond donors (Lipinski definition) is 2. The predicted molar refractivity (Wildman–Crippen MR) is 68.9 cm³/mol. The zero-order chi connectivity index (χ0) is 12.1. The van der Waals surface area contributed by atoms with Gasteiger partial charge in [-0.2, -0.15) is 0 Å². The molecule has 3 heteroatoms. The van der Waals surface area contributed by atoms with E-state index in [-0.39, 0.29) is 0 Å².